The fourth-order valence-electron chi connectivity index (χ4n) is 0.694. The van der Waals surface area contributed by atoms with E-state index in [1.54, 1.807) is 0 Å². The lowest BCUT2D eigenvalue weighted by molar-refractivity contribution is 0.146. The average Bonchev–Trinajstić information content (AvgIpc) is 2.04. The molecule has 12 heavy (non-hydrogen) atoms. The number of pyridine rings is 1. The number of nitrogen functional groups attached to an aromatic ring is 1. The zero-order valence-electron chi connectivity index (χ0n) is 6.09. The van der Waals surface area contributed by atoms with Gasteiger partial charge < -0.3 is 5.73 Å². The van der Waals surface area contributed by atoms with Crippen molar-refractivity contribution in [3.05, 3.63) is 29.6 Å². The Balaban J connectivity index is 2.93. The van der Waals surface area contributed by atoms with Gasteiger partial charge in [-0.3, -0.25) is 10.4 Å². The van der Waals surface area contributed by atoms with Crippen molar-refractivity contribution in [2.24, 2.45) is 5.73 Å². The van der Waals surface area contributed by atoms with Crippen molar-refractivity contribution >= 4 is 5.84 Å². The molecule has 0 saturated heterocycles. The topological polar surface area (TPSA) is 62.8 Å². The first-order valence-electron chi connectivity index (χ1n) is 3.19. The van der Waals surface area contributed by atoms with E-state index in [9.17, 15) is 8.78 Å². The van der Waals surface area contributed by atoms with Gasteiger partial charge in [0.2, 0.25) is 0 Å². The van der Waals surface area contributed by atoms with Crippen LogP contribution in [0.4, 0.5) is 8.78 Å². The van der Waals surface area contributed by atoms with Crippen molar-refractivity contribution < 1.29 is 8.78 Å². The predicted molar refractivity (Wildman–Crippen MR) is 40.2 cm³/mol. The second-order valence-electron chi connectivity index (χ2n) is 2.19. The van der Waals surface area contributed by atoms with Crippen molar-refractivity contribution in [3.63, 3.8) is 0 Å². The van der Waals surface area contributed by atoms with Gasteiger partial charge in [0.25, 0.3) is 6.43 Å². The Kier molecular flexibility index (Phi) is 2.32. The molecule has 0 atom stereocenters. The summed E-state index contributed by atoms with van der Waals surface area (Å²) in [6.45, 7) is 0. The van der Waals surface area contributed by atoms with E-state index in [4.69, 9.17) is 11.1 Å². The highest BCUT2D eigenvalue weighted by atomic mass is 19.3. The molecule has 0 radical (unpaired) electrons. The molecule has 0 aliphatic rings. The van der Waals surface area contributed by atoms with Gasteiger partial charge in [-0.15, -0.1) is 0 Å². The van der Waals surface area contributed by atoms with Crippen LogP contribution in [0.1, 0.15) is 17.7 Å². The number of nitrogens with zero attached hydrogens (tertiary/aromatic N) is 1. The SMILES string of the molecule is N=C(N)c1ccc(C(F)F)nc1. The number of alkyl halides is 2. The summed E-state index contributed by atoms with van der Waals surface area (Å²) < 4.78 is 23.9. The molecular weight excluding hydrogens is 164 g/mol. The summed E-state index contributed by atoms with van der Waals surface area (Å²) in [5.41, 5.74) is 5.14. The molecular formula is C7H7F2N3. The van der Waals surface area contributed by atoms with E-state index in [0.29, 0.717) is 5.56 Å². The molecule has 0 saturated carbocycles. The molecule has 1 aromatic rings. The summed E-state index contributed by atoms with van der Waals surface area (Å²) in [7, 11) is 0. The molecule has 3 N–H and O–H groups in total. The fourth-order valence-corrected chi connectivity index (χ4v) is 0.694. The second kappa shape index (κ2) is 3.25. The molecule has 0 amide bonds. The molecule has 0 aromatic carbocycles. The van der Waals surface area contributed by atoms with Crippen LogP contribution in [0.15, 0.2) is 18.3 Å². The van der Waals surface area contributed by atoms with E-state index in [1.807, 2.05) is 0 Å². The van der Waals surface area contributed by atoms with Crippen molar-refractivity contribution in [1.29, 1.82) is 5.41 Å². The van der Waals surface area contributed by atoms with Gasteiger partial charge in [-0.05, 0) is 12.1 Å². The molecule has 5 heteroatoms. The van der Waals surface area contributed by atoms with Crippen LogP contribution in [-0.4, -0.2) is 10.8 Å². The van der Waals surface area contributed by atoms with E-state index < -0.39 is 6.43 Å². The molecule has 0 spiro atoms. The molecule has 0 fully saturated rings. The van der Waals surface area contributed by atoms with Crippen LogP contribution in [-0.2, 0) is 0 Å². The van der Waals surface area contributed by atoms with Crippen LogP contribution in [0, 0.1) is 5.41 Å². The Morgan fingerprint density at radius 2 is 2.17 bits per heavy atom. The van der Waals surface area contributed by atoms with Gasteiger partial charge in [0, 0.05) is 11.8 Å². The maximum absolute atomic E-state index is 12.0. The van der Waals surface area contributed by atoms with Crippen molar-refractivity contribution in [1.82, 2.24) is 4.98 Å². The Labute approximate surface area is 67.7 Å². The van der Waals surface area contributed by atoms with E-state index in [2.05, 4.69) is 4.98 Å². The van der Waals surface area contributed by atoms with Gasteiger partial charge in [-0.25, -0.2) is 8.78 Å². The summed E-state index contributed by atoms with van der Waals surface area (Å²) in [5, 5.41) is 6.96. The minimum Gasteiger partial charge on any atom is -0.384 e. The number of aromatic nitrogens is 1. The first-order chi connectivity index (χ1) is 5.61. The molecule has 64 valence electrons. The highest BCUT2D eigenvalue weighted by Gasteiger charge is 2.07. The molecule has 1 heterocycles. The largest absolute Gasteiger partial charge is 0.384 e. The number of nitrogens with two attached hydrogens (primary N) is 1. The number of hydrogen-bond donors (Lipinski definition) is 2. The molecule has 3 nitrogen and oxygen atoms in total. The lowest BCUT2D eigenvalue weighted by atomic mass is 10.2. The second-order valence-corrected chi connectivity index (χ2v) is 2.19. The lowest BCUT2D eigenvalue weighted by Crippen LogP contribution is -2.11. The third kappa shape index (κ3) is 1.75. The third-order valence-electron chi connectivity index (χ3n) is 1.32. The number of amidine groups is 1. The van der Waals surface area contributed by atoms with Gasteiger partial charge >= 0.3 is 0 Å². The van der Waals surface area contributed by atoms with Gasteiger partial charge in [0.1, 0.15) is 11.5 Å². The van der Waals surface area contributed by atoms with E-state index >= 15 is 0 Å². The predicted octanol–water partition coefficient (Wildman–Crippen LogP) is 1.30. The van der Waals surface area contributed by atoms with Crippen LogP contribution >= 0.6 is 0 Å². The Morgan fingerprint density at radius 1 is 1.50 bits per heavy atom. The first kappa shape index (κ1) is 8.58. The van der Waals surface area contributed by atoms with E-state index in [0.717, 1.165) is 12.3 Å². The monoisotopic (exact) mass is 171 g/mol. The zero-order valence-corrected chi connectivity index (χ0v) is 6.09. The van der Waals surface area contributed by atoms with E-state index in [-0.39, 0.29) is 11.5 Å². The third-order valence-corrected chi connectivity index (χ3v) is 1.32. The van der Waals surface area contributed by atoms with Gasteiger partial charge in [-0.2, -0.15) is 0 Å². The minimum atomic E-state index is -2.58. The molecule has 0 unspecified atom stereocenters. The number of rotatable bonds is 2. The average molecular weight is 171 g/mol. The number of halogens is 2. The maximum atomic E-state index is 12.0. The Morgan fingerprint density at radius 3 is 2.50 bits per heavy atom. The molecule has 0 aliphatic carbocycles. The van der Waals surface area contributed by atoms with E-state index in [1.165, 1.54) is 6.07 Å². The van der Waals surface area contributed by atoms with Crippen molar-refractivity contribution in [3.8, 4) is 0 Å². The summed E-state index contributed by atoms with van der Waals surface area (Å²) in [5.74, 6) is -0.177. The summed E-state index contributed by atoms with van der Waals surface area (Å²) >= 11 is 0. The lowest BCUT2D eigenvalue weighted by Gasteiger charge is -1.99. The standard InChI is InChI=1S/C7H7F2N3/c8-6(9)5-2-1-4(3-12-5)7(10)11/h1-3,6H,(H3,10,11). The smallest absolute Gasteiger partial charge is 0.280 e. The first-order valence-corrected chi connectivity index (χ1v) is 3.19. The van der Waals surface area contributed by atoms with Crippen molar-refractivity contribution in [2.45, 2.75) is 6.43 Å². The Hall–Kier alpha value is -1.52. The molecule has 1 rings (SSSR count). The van der Waals surface area contributed by atoms with Crippen LogP contribution in [0.5, 0.6) is 0 Å². The van der Waals surface area contributed by atoms with Crippen LogP contribution in [0.3, 0.4) is 0 Å². The summed E-state index contributed by atoms with van der Waals surface area (Å²) in [6, 6.07) is 2.50. The van der Waals surface area contributed by atoms with Gasteiger partial charge in [0.05, 0.1) is 0 Å². The highest BCUT2D eigenvalue weighted by Crippen LogP contribution is 2.15. The van der Waals surface area contributed by atoms with Gasteiger partial charge in [-0.1, -0.05) is 0 Å². The highest BCUT2D eigenvalue weighted by molar-refractivity contribution is 5.94. The maximum Gasteiger partial charge on any atom is 0.280 e. The van der Waals surface area contributed by atoms with Gasteiger partial charge in [0.15, 0.2) is 0 Å². The summed E-state index contributed by atoms with van der Waals surface area (Å²) in [6.07, 6.45) is -1.42. The zero-order chi connectivity index (χ0) is 9.14. The molecule has 1 aromatic heterocycles. The van der Waals surface area contributed by atoms with Crippen LogP contribution in [0.25, 0.3) is 0 Å². The Bertz CT molecular complexity index is 281. The quantitative estimate of drug-likeness (QED) is 0.520. The molecule has 0 bridgehead atoms. The fraction of sp³-hybridized carbons (Fsp3) is 0.143. The summed E-state index contributed by atoms with van der Waals surface area (Å²) in [4.78, 5) is 3.43. The molecule has 0 aliphatic heterocycles. The van der Waals surface area contributed by atoms with Crippen molar-refractivity contribution in [2.75, 3.05) is 0 Å². The number of nitrogens with one attached hydrogen (secondary N) is 1. The van der Waals surface area contributed by atoms with Crippen LogP contribution < -0.4 is 5.73 Å². The number of hydrogen-bond acceptors (Lipinski definition) is 2. The van der Waals surface area contributed by atoms with Crippen LogP contribution in [0.2, 0.25) is 0 Å². The minimum absolute atomic E-state index is 0.177. The normalized spacial score (nSPS) is 10.2.